The highest BCUT2D eigenvalue weighted by Crippen LogP contribution is 2.36. The van der Waals surface area contributed by atoms with Crippen LogP contribution in [0, 0.1) is 0 Å². The molecule has 0 radical (unpaired) electrons. The van der Waals surface area contributed by atoms with Gasteiger partial charge in [-0.1, -0.05) is 19.3 Å². The number of hydrazine groups is 1. The van der Waals surface area contributed by atoms with Crippen LogP contribution in [-0.4, -0.2) is 35.6 Å². The van der Waals surface area contributed by atoms with Crippen LogP contribution in [0.1, 0.15) is 37.1 Å². The van der Waals surface area contributed by atoms with Crippen molar-refractivity contribution in [3.63, 3.8) is 0 Å². The van der Waals surface area contributed by atoms with Gasteiger partial charge in [0.1, 0.15) is 0 Å². The van der Waals surface area contributed by atoms with Crippen LogP contribution < -0.4 is 11.3 Å². The minimum atomic E-state index is 0.179. The molecule has 0 bridgehead atoms. The average molecular weight is 268 g/mol. The van der Waals surface area contributed by atoms with Gasteiger partial charge in [-0.25, -0.2) is 4.98 Å². The second-order valence-electron chi connectivity index (χ2n) is 5.41. The standard InChI is InChI=1S/C13H24N4S/c1-17(2)13(6-4-3-5-7-13)11(16-14)10-12-15-8-9-18-12/h8-9,11,16H,3-7,10,14H2,1-2H3. The summed E-state index contributed by atoms with van der Waals surface area (Å²) in [4.78, 5) is 6.76. The molecule has 1 unspecified atom stereocenters. The summed E-state index contributed by atoms with van der Waals surface area (Å²) in [6, 6.07) is 0.277. The normalized spacial score (nSPS) is 21.1. The van der Waals surface area contributed by atoms with E-state index >= 15 is 0 Å². The first kappa shape index (κ1) is 13.9. The predicted molar refractivity (Wildman–Crippen MR) is 76.4 cm³/mol. The first-order valence-corrected chi connectivity index (χ1v) is 7.59. The molecule has 4 nitrogen and oxygen atoms in total. The molecular weight excluding hydrogens is 244 g/mol. The van der Waals surface area contributed by atoms with Gasteiger partial charge >= 0.3 is 0 Å². The zero-order chi connectivity index (χ0) is 13.0. The molecule has 1 saturated carbocycles. The monoisotopic (exact) mass is 268 g/mol. The minimum absolute atomic E-state index is 0.179. The molecular formula is C13H24N4S. The van der Waals surface area contributed by atoms with Crippen molar-refractivity contribution in [1.82, 2.24) is 15.3 Å². The number of aromatic nitrogens is 1. The summed E-state index contributed by atoms with van der Waals surface area (Å²) >= 11 is 1.72. The fourth-order valence-electron chi connectivity index (χ4n) is 3.20. The summed E-state index contributed by atoms with van der Waals surface area (Å²) in [5.74, 6) is 5.84. The SMILES string of the molecule is CN(C)C1(C(Cc2nccs2)NN)CCCCC1. The molecule has 3 N–H and O–H groups in total. The van der Waals surface area contributed by atoms with Crippen molar-refractivity contribution in [2.24, 2.45) is 5.84 Å². The van der Waals surface area contributed by atoms with E-state index in [-0.39, 0.29) is 11.6 Å². The van der Waals surface area contributed by atoms with Gasteiger partial charge in [-0.2, -0.15) is 0 Å². The molecule has 2 rings (SSSR count). The molecule has 0 saturated heterocycles. The smallest absolute Gasteiger partial charge is 0.0941 e. The summed E-state index contributed by atoms with van der Waals surface area (Å²) in [6.45, 7) is 0. The Hall–Kier alpha value is -0.490. The Bertz CT molecular complexity index is 344. The molecule has 5 heteroatoms. The molecule has 0 aromatic carbocycles. The third-order valence-electron chi connectivity index (χ3n) is 4.32. The molecule has 18 heavy (non-hydrogen) atoms. The van der Waals surface area contributed by atoms with Crippen LogP contribution in [0.15, 0.2) is 11.6 Å². The molecule has 1 fully saturated rings. The number of rotatable bonds is 5. The van der Waals surface area contributed by atoms with Gasteiger partial charge in [0.2, 0.25) is 0 Å². The highest BCUT2D eigenvalue weighted by Gasteiger charge is 2.41. The Labute approximate surface area is 114 Å². The lowest BCUT2D eigenvalue weighted by atomic mass is 9.74. The fourth-order valence-corrected chi connectivity index (χ4v) is 3.87. The van der Waals surface area contributed by atoms with Crippen molar-refractivity contribution in [2.45, 2.75) is 50.1 Å². The number of likely N-dealkylation sites (N-methyl/N-ethyl adjacent to an activating group) is 1. The van der Waals surface area contributed by atoms with E-state index in [0.29, 0.717) is 0 Å². The molecule has 1 aliphatic rings. The number of nitrogens with one attached hydrogen (secondary N) is 1. The van der Waals surface area contributed by atoms with E-state index in [9.17, 15) is 0 Å². The maximum Gasteiger partial charge on any atom is 0.0941 e. The van der Waals surface area contributed by atoms with Gasteiger partial charge in [-0.05, 0) is 26.9 Å². The van der Waals surface area contributed by atoms with Crippen LogP contribution in [0.3, 0.4) is 0 Å². The zero-order valence-corrected chi connectivity index (χ0v) is 12.2. The third-order valence-corrected chi connectivity index (χ3v) is 5.12. The molecule has 102 valence electrons. The third kappa shape index (κ3) is 2.74. The highest BCUT2D eigenvalue weighted by molar-refractivity contribution is 7.09. The van der Waals surface area contributed by atoms with Gasteiger partial charge in [0.25, 0.3) is 0 Å². The van der Waals surface area contributed by atoms with E-state index in [1.807, 2.05) is 11.6 Å². The number of hydrogen-bond acceptors (Lipinski definition) is 5. The van der Waals surface area contributed by atoms with Crippen LogP contribution in [-0.2, 0) is 6.42 Å². The number of nitrogens with zero attached hydrogens (tertiary/aromatic N) is 2. The van der Waals surface area contributed by atoms with Gasteiger partial charge in [0, 0.05) is 29.6 Å². The Morgan fingerprint density at radius 2 is 2.17 bits per heavy atom. The molecule has 1 aliphatic carbocycles. The van der Waals surface area contributed by atoms with Crippen molar-refractivity contribution in [3.8, 4) is 0 Å². The summed E-state index contributed by atoms with van der Waals surface area (Å²) in [5.41, 5.74) is 3.24. The van der Waals surface area contributed by atoms with E-state index in [2.05, 4.69) is 29.4 Å². The maximum atomic E-state index is 5.84. The van der Waals surface area contributed by atoms with Crippen LogP contribution in [0.2, 0.25) is 0 Å². The van der Waals surface area contributed by atoms with Crippen molar-refractivity contribution < 1.29 is 0 Å². The first-order chi connectivity index (χ1) is 8.69. The molecule has 1 heterocycles. The Morgan fingerprint density at radius 1 is 1.44 bits per heavy atom. The summed E-state index contributed by atoms with van der Waals surface area (Å²) in [5, 5.41) is 3.20. The lowest BCUT2D eigenvalue weighted by molar-refractivity contribution is 0.0568. The highest BCUT2D eigenvalue weighted by atomic mass is 32.1. The first-order valence-electron chi connectivity index (χ1n) is 6.71. The molecule has 1 atom stereocenters. The number of nitrogens with two attached hydrogens (primary N) is 1. The summed E-state index contributed by atoms with van der Waals surface area (Å²) in [7, 11) is 4.36. The van der Waals surface area contributed by atoms with Crippen molar-refractivity contribution in [1.29, 1.82) is 0 Å². The molecule has 0 amide bonds. The van der Waals surface area contributed by atoms with Crippen LogP contribution in [0.25, 0.3) is 0 Å². The Morgan fingerprint density at radius 3 is 2.67 bits per heavy atom. The maximum absolute atomic E-state index is 5.84. The van der Waals surface area contributed by atoms with Crippen molar-refractivity contribution in [3.05, 3.63) is 16.6 Å². The lowest BCUT2D eigenvalue weighted by Gasteiger charge is -2.48. The summed E-state index contributed by atoms with van der Waals surface area (Å²) < 4.78 is 0. The van der Waals surface area contributed by atoms with Crippen LogP contribution >= 0.6 is 11.3 Å². The fraction of sp³-hybridized carbons (Fsp3) is 0.769. The zero-order valence-electron chi connectivity index (χ0n) is 11.4. The number of hydrogen-bond donors (Lipinski definition) is 2. The van der Waals surface area contributed by atoms with Gasteiger partial charge in [0.05, 0.1) is 5.01 Å². The van der Waals surface area contributed by atoms with Gasteiger partial charge in [-0.3, -0.25) is 11.3 Å². The second kappa shape index (κ2) is 6.10. The van der Waals surface area contributed by atoms with E-state index in [1.165, 1.54) is 37.1 Å². The van der Waals surface area contributed by atoms with Crippen molar-refractivity contribution in [2.75, 3.05) is 14.1 Å². The lowest BCUT2D eigenvalue weighted by Crippen LogP contribution is -2.62. The van der Waals surface area contributed by atoms with Crippen LogP contribution in [0.5, 0.6) is 0 Å². The topological polar surface area (TPSA) is 54.2 Å². The van der Waals surface area contributed by atoms with Gasteiger partial charge in [-0.15, -0.1) is 11.3 Å². The molecule has 0 aliphatic heterocycles. The van der Waals surface area contributed by atoms with E-state index in [4.69, 9.17) is 5.84 Å². The van der Waals surface area contributed by atoms with Crippen LogP contribution in [0.4, 0.5) is 0 Å². The van der Waals surface area contributed by atoms with E-state index in [0.717, 1.165) is 6.42 Å². The Balaban J connectivity index is 2.16. The molecule has 1 aromatic heterocycles. The largest absolute Gasteiger partial charge is 0.302 e. The Kier molecular flexibility index (Phi) is 4.72. The minimum Gasteiger partial charge on any atom is -0.302 e. The van der Waals surface area contributed by atoms with E-state index in [1.54, 1.807) is 11.3 Å². The molecule has 0 spiro atoms. The van der Waals surface area contributed by atoms with E-state index < -0.39 is 0 Å². The summed E-state index contributed by atoms with van der Waals surface area (Å²) in [6.07, 6.45) is 9.19. The average Bonchev–Trinajstić information content (AvgIpc) is 2.89. The quantitative estimate of drug-likeness (QED) is 0.631. The second-order valence-corrected chi connectivity index (χ2v) is 6.39. The predicted octanol–water partition coefficient (Wildman–Crippen LogP) is 1.78. The van der Waals surface area contributed by atoms with Gasteiger partial charge < -0.3 is 4.90 Å². The molecule has 1 aromatic rings. The van der Waals surface area contributed by atoms with Gasteiger partial charge in [0.15, 0.2) is 0 Å². The van der Waals surface area contributed by atoms with Crippen molar-refractivity contribution >= 4 is 11.3 Å². The number of thiazole rings is 1.